The Morgan fingerprint density at radius 3 is 3.00 bits per heavy atom. The number of carbonyl (C=O) groups excluding carboxylic acids is 1. The van der Waals surface area contributed by atoms with Crippen molar-refractivity contribution in [1.29, 1.82) is 0 Å². The lowest BCUT2D eigenvalue weighted by Gasteiger charge is -2.01. The molecule has 0 unspecified atom stereocenters. The van der Waals surface area contributed by atoms with Crippen LogP contribution in [-0.4, -0.2) is 22.4 Å². The molecule has 3 heterocycles. The van der Waals surface area contributed by atoms with Gasteiger partial charge < -0.3 is 18.9 Å². The van der Waals surface area contributed by atoms with Crippen molar-refractivity contribution in [3.63, 3.8) is 0 Å². The summed E-state index contributed by atoms with van der Waals surface area (Å²) >= 11 is 0. The largest absolute Gasteiger partial charge is 0.497 e. The molecule has 0 aliphatic carbocycles. The first-order chi connectivity index (χ1) is 12.2. The zero-order valence-electron chi connectivity index (χ0n) is 13.9. The fourth-order valence-corrected chi connectivity index (χ4v) is 2.87. The highest BCUT2D eigenvalue weighted by Gasteiger charge is 2.18. The zero-order chi connectivity index (χ0) is 17.4. The van der Waals surface area contributed by atoms with Crippen LogP contribution in [0.15, 0.2) is 53.2 Å². The Balaban J connectivity index is 1.56. The summed E-state index contributed by atoms with van der Waals surface area (Å²) in [6.07, 6.45) is 3.82. The molecule has 3 aromatic heterocycles. The van der Waals surface area contributed by atoms with Crippen molar-refractivity contribution in [2.75, 3.05) is 7.11 Å². The van der Waals surface area contributed by atoms with E-state index in [0.29, 0.717) is 23.6 Å². The molecule has 4 aromatic rings. The Hall–Kier alpha value is -3.28. The van der Waals surface area contributed by atoms with E-state index >= 15 is 0 Å². The third kappa shape index (κ3) is 2.71. The van der Waals surface area contributed by atoms with E-state index in [9.17, 15) is 4.79 Å². The first-order valence-corrected chi connectivity index (χ1v) is 7.93. The number of aromatic nitrogens is 2. The molecule has 0 saturated heterocycles. The fraction of sp³-hybridized carbons (Fsp3) is 0.158. The fourth-order valence-electron chi connectivity index (χ4n) is 2.87. The molecule has 1 aromatic carbocycles. The van der Waals surface area contributed by atoms with Crippen LogP contribution in [0.4, 0.5) is 0 Å². The lowest BCUT2D eigenvalue weighted by Crippen LogP contribution is -2.23. The van der Waals surface area contributed by atoms with E-state index in [-0.39, 0.29) is 5.91 Å². The van der Waals surface area contributed by atoms with Gasteiger partial charge in [0.2, 0.25) is 0 Å². The number of methoxy groups -OCH3 is 1. The summed E-state index contributed by atoms with van der Waals surface area (Å²) in [7, 11) is 1.60. The summed E-state index contributed by atoms with van der Waals surface area (Å²) in [5, 5.41) is 3.77. The number of nitrogens with one attached hydrogen (secondary N) is 1. The highest BCUT2D eigenvalue weighted by atomic mass is 16.5. The van der Waals surface area contributed by atoms with Crippen molar-refractivity contribution in [2.45, 2.75) is 13.5 Å². The average Bonchev–Trinajstić information content (AvgIpc) is 3.20. The van der Waals surface area contributed by atoms with E-state index in [1.807, 2.05) is 54.0 Å². The number of amides is 1. The number of hydrogen-bond acceptors (Lipinski definition) is 4. The highest BCUT2D eigenvalue weighted by Crippen LogP contribution is 2.28. The van der Waals surface area contributed by atoms with E-state index in [2.05, 4.69) is 10.3 Å². The minimum atomic E-state index is -0.260. The summed E-state index contributed by atoms with van der Waals surface area (Å²) in [6.45, 7) is 2.21. The Morgan fingerprint density at radius 2 is 2.20 bits per heavy atom. The van der Waals surface area contributed by atoms with Gasteiger partial charge >= 0.3 is 0 Å². The Kier molecular flexibility index (Phi) is 3.65. The van der Waals surface area contributed by atoms with Crippen LogP contribution in [0.25, 0.3) is 16.6 Å². The number of fused-ring (bicyclic) bond motifs is 2. The van der Waals surface area contributed by atoms with E-state index in [4.69, 9.17) is 9.15 Å². The SMILES string of the molecule is COc1ccc2c(C)c(C(=O)NCc3cn4ccccc4n3)oc2c1. The van der Waals surface area contributed by atoms with E-state index in [1.165, 1.54) is 0 Å². The summed E-state index contributed by atoms with van der Waals surface area (Å²) in [5.74, 6) is 0.745. The number of imidazole rings is 1. The molecule has 0 aliphatic rings. The number of furan rings is 1. The predicted molar refractivity (Wildman–Crippen MR) is 93.9 cm³/mol. The minimum absolute atomic E-state index is 0.260. The summed E-state index contributed by atoms with van der Waals surface area (Å²) in [4.78, 5) is 17.0. The van der Waals surface area contributed by atoms with Crippen molar-refractivity contribution < 1.29 is 13.9 Å². The van der Waals surface area contributed by atoms with Crippen molar-refractivity contribution in [3.05, 3.63) is 65.8 Å². The van der Waals surface area contributed by atoms with Crippen LogP contribution in [0.3, 0.4) is 0 Å². The molecule has 126 valence electrons. The number of benzene rings is 1. The Bertz CT molecular complexity index is 1050. The summed E-state index contributed by atoms with van der Waals surface area (Å²) in [6, 6.07) is 11.3. The molecule has 0 bridgehead atoms. The van der Waals surface area contributed by atoms with Crippen LogP contribution in [0.2, 0.25) is 0 Å². The van der Waals surface area contributed by atoms with Crippen LogP contribution < -0.4 is 10.1 Å². The Morgan fingerprint density at radius 1 is 1.32 bits per heavy atom. The molecular weight excluding hydrogens is 318 g/mol. The average molecular weight is 335 g/mol. The topological polar surface area (TPSA) is 68.8 Å². The molecule has 25 heavy (non-hydrogen) atoms. The third-order valence-electron chi connectivity index (χ3n) is 4.20. The molecule has 1 amide bonds. The van der Waals surface area contributed by atoms with Gasteiger partial charge in [0.15, 0.2) is 5.76 Å². The van der Waals surface area contributed by atoms with Crippen molar-refractivity contribution >= 4 is 22.5 Å². The van der Waals surface area contributed by atoms with Crippen LogP contribution in [0, 0.1) is 6.92 Å². The van der Waals surface area contributed by atoms with Gasteiger partial charge in [-0.1, -0.05) is 6.07 Å². The number of pyridine rings is 1. The molecule has 0 aliphatic heterocycles. The molecule has 0 spiro atoms. The van der Waals surface area contributed by atoms with Crippen LogP contribution >= 0.6 is 0 Å². The van der Waals surface area contributed by atoms with Crippen LogP contribution in [0.1, 0.15) is 21.8 Å². The summed E-state index contributed by atoms with van der Waals surface area (Å²) in [5.41, 5.74) is 3.08. The number of hydrogen-bond donors (Lipinski definition) is 1. The van der Waals surface area contributed by atoms with Crippen molar-refractivity contribution in [1.82, 2.24) is 14.7 Å². The second kappa shape index (κ2) is 5.98. The van der Waals surface area contributed by atoms with E-state index in [0.717, 1.165) is 22.3 Å². The normalized spacial score (nSPS) is 11.1. The summed E-state index contributed by atoms with van der Waals surface area (Å²) < 4.78 is 12.8. The molecule has 0 atom stereocenters. The van der Waals surface area contributed by atoms with E-state index < -0.39 is 0 Å². The van der Waals surface area contributed by atoms with Gasteiger partial charge in [-0.05, 0) is 31.2 Å². The second-order valence-electron chi connectivity index (χ2n) is 5.80. The predicted octanol–water partition coefficient (Wildman–Crippen LogP) is 3.33. The lowest BCUT2D eigenvalue weighted by molar-refractivity contribution is 0.0924. The maximum atomic E-state index is 12.5. The van der Waals surface area contributed by atoms with Gasteiger partial charge in [-0.3, -0.25) is 4.79 Å². The van der Waals surface area contributed by atoms with Crippen molar-refractivity contribution in [2.24, 2.45) is 0 Å². The van der Waals surface area contributed by atoms with E-state index in [1.54, 1.807) is 13.2 Å². The van der Waals surface area contributed by atoms with Gasteiger partial charge in [0.1, 0.15) is 17.0 Å². The standard InChI is InChI=1S/C19H17N3O3/c1-12-15-7-6-14(24-2)9-16(15)25-18(12)19(23)20-10-13-11-22-8-4-3-5-17(22)21-13/h3-9,11H,10H2,1-2H3,(H,20,23). The zero-order valence-corrected chi connectivity index (χ0v) is 13.9. The number of rotatable bonds is 4. The molecule has 0 radical (unpaired) electrons. The number of aryl methyl sites for hydroxylation is 1. The minimum Gasteiger partial charge on any atom is -0.497 e. The maximum absolute atomic E-state index is 12.5. The lowest BCUT2D eigenvalue weighted by atomic mass is 10.1. The number of nitrogens with zero attached hydrogens (tertiary/aromatic N) is 2. The van der Waals surface area contributed by atoms with Gasteiger partial charge in [0.05, 0.1) is 19.3 Å². The smallest absolute Gasteiger partial charge is 0.287 e. The molecule has 1 N–H and O–H groups in total. The van der Waals surface area contributed by atoms with Gasteiger partial charge in [0.25, 0.3) is 5.91 Å². The van der Waals surface area contributed by atoms with Gasteiger partial charge in [-0.15, -0.1) is 0 Å². The number of carbonyl (C=O) groups is 1. The molecule has 0 fully saturated rings. The first-order valence-electron chi connectivity index (χ1n) is 7.93. The van der Waals surface area contributed by atoms with Crippen LogP contribution in [-0.2, 0) is 6.54 Å². The third-order valence-corrected chi connectivity index (χ3v) is 4.20. The molecule has 4 rings (SSSR count). The monoisotopic (exact) mass is 335 g/mol. The van der Waals surface area contributed by atoms with Gasteiger partial charge in [-0.2, -0.15) is 0 Å². The second-order valence-corrected chi connectivity index (χ2v) is 5.80. The van der Waals surface area contributed by atoms with Crippen LogP contribution in [0.5, 0.6) is 5.75 Å². The van der Waals surface area contributed by atoms with Gasteiger partial charge in [0, 0.05) is 29.4 Å². The number of ether oxygens (including phenoxy) is 1. The highest BCUT2D eigenvalue weighted by molar-refractivity contribution is 5.99. The quantitative estimate of drug-likeness (QED) is 0.621. The molecular formula is C19H17N3O3. The Labute approximate surface area is 144 Å². The molecule has 6 nitrogen and oxygen atoms in total. The van der Waals surface area contributed by atoms with Crippen molar-refractivity contribution in [3.8, 4) is 5.75 Å². The molecule has 6 heteroatoms. The maximum Gasteiger partial charge on any atom is 0.287 e. The van der Waals surface area contributed by atoms with Gasteiger partial charge in [-0.25, -0.2) is 4.98 Å². The molecule has 0 saturated carbocycles. The first kappa shape index (κ1) is 15.3.